The van der Waals surface area contributed by atoms with E-state index in [1.165, 1.54) is 6.92 Å². The predicted molar refractivity (Wildman–Crippen MR) is 59.0 cm³/mol. The van der Waals surface area contributed by atoms with Gasteiger partial charge in [0.1, 0.15) is 17.5 Å². The second-order valence-electron chi connectivity index (χ2n) is 3.92. The molecule has 0 aromatic carbocycles. The molecule has 1 N–H and O–H groups in total. The van der Waals surface area contributed by atoms with Crippen molar-refractivity contribution in [2.45, 2.75) is 13.0 Å². The molecule has 0 radical (unpaired) electrons. The Kier molecular flexibility index (Phi) is 3.03. The molecule has 100 valence electrons. The van der Waals surface area contributed by atoms with Gasteiger partial charge in [0.15, 0.2) is 5.76 Å². The van der Waals surface area contributed by atoms with Crippen LogP contribution in [0.4, 0.5) is 5.88 Å². The van der Waals surface area contributed by atoms with Gasteiger partial charge >= 0.3 is 5.88 Å². The third-order valence-corrected chi connectivity index (χ3v) is 2.67. The molecule has 1 aliphatic heterocycles. The van der Waals surface area contributed by atoms with Gasteiger partial charge in [-0.1, -0.05) is 0 Å². The summed E-state index contributed by atoms with van der Waals surface area (Å²) in [5.41, 5.74) is 0. The van der Waals surface area contributed by atoms with Gasteiger partial charge in [-0.05, 0) is 13.0 Å². The van der Waals surface area contributed by atoms with Crippen molar-refractivity contribution in [2.75, 3.05) is 6.54 Å². The van der Waals surface area contributed by atoms with Gasteiger partial charge in [0.05, 0.1) is 6.07 Å². The summed E-state index contributed by atoms with van der Waals surface area (Å²) in [6.07, 6.45) is 0. The van der Waals surface area contributed by atoms with E-state index >= 15 is 0 Å². The van der Waals surface area contributed by atoms with E-state index in [9.17, 15) is 24.5 Å². The Morgan fingerprint density at radius 1 is 1.53 bits per heavy atom. The molecule has 0 saturated carbocycles. The minimum atomic E-state index is -0.852. The number of rotatable bonds is 2. The third kappa shape index (κ3) is 2.30. The summed E-state index contributed by atoms with van der Waals surface area (Å²) in [4.78, 5) is 45.3. The molecule has 1 atom stereocenters. The number of hydrogen-bond acceptors (Lipinski definition) is 6. The van der Waals surface area contributed by atoms with Crippen LogP contribution in [0.5, 0.6) is 0 Å². The highest BCUT2D eigenvalue weighted by atomic mass is 16.6. The Labute approximate surface area is 106 Å². The number of carbonyl (C=O) groups excluding carboxylic acids is 3. The normalized spacial score (nSPS) is 19.2. The minimum Gasteiger partial charge on any atom is -0.395 e. The van der Waals surface area contributed by atoms with Crippen LogP contribution in [-0.2, 0) is 9.59 Å². The van der Waals surface area contributed by atoms with Crippen molar-refractivity contribution in [3.8, 4) is 0 Å². The van der Waals surface area contributed by atoms with Crippen LogP contribution >= 0.6 is 0 Å². The van der Waals surface area contributed by atoms with Crippen LogP contribution in [0.3, 0.4) is 0 Å². The fraction of sp³-hybridized carbons (Fsp3) is 0.300. The zero-order valence-corrected chi connectivity index (χ0v) is 9.78. The first-order chi connectivity index (χ1) is 8.90. The number of hydrogen-bond donors (Lipinski definition) is 1. The average molecular weight is 267 g/mol. The fourth-order valence-electron chi connectivity index (χ4n) is 1.64. The molecule has 0 aliphatic carbocycles. The van der Waals surface area contributed by atoms with E-state index in [0.717, 1.165) is 17.0 Å². The summed E-state index contributed by atoms with van der Waals surface area (Å²) in [6.45, 7) is 1.14. The molecule has 1 unspecified atom stereocenters. The maximum Gasteiger partial charge on any atom is 0.433 e. The molecule has 0 spiro atoms. The smallest absolute Gasteiger partial charge is 0.395 e. The minimum absolute atomic E-state index is 0.291. The van der Waals surface area contributed by atoms with E-state index in [1.54, 1.807) is 0 Å². The second-order valence-corrected chi connectivity index (χ2v) is 3.92. The van der Waals surface area contributed by atoms with E-state index < -0.39 is 34.6 Å². The lowest BCUT2D eigenvalue weighted by molar-refractivity contribution is -0.402. The van der Waals surface area contributed by atoms with Crippen LogP contribution in [0, 0.1) is 10.1 Å². The van der Waals surface area contributed by atoms with Crippen molar-refractivity contribution >= 4 is 23.6 Å². The molecule has 1 saturated heterocycles. The molecule has 1 aromatic heterocycles. The quantitative estimate of drug-likeness (QED) is 0.445. The summed E-state index contributed by atoms with van der Waals surface area (Å²) in [7, 11) is 0. The SMILES string of the molecule is CC1C(=O)NC(=O)CN1C(=O)c1ccc([N+](=O)[O-])o1. The lowest BCUT2D eigenvalue weighted by Gasteiger charge is -2.30. The van der Waals surface area contributed by atoms with Crippen LogP contribution in [0.25, 0.3) is 0 Å². The number of nitrogens with one attached hydrogen (secondary N) is 1. The number of furan rings is 1. The maximum atomic E-state index is 12.0. The summed E-state index contributed by atoms with van der Waals surface area (Å²) in [5.74, 6) is -2.84. The molecular weight excluding hydrogens is 258 g/mol. The first-order valence-electron chi connectivity index (χ1n) is 5.29. The average Bonchev–Trinajstić information content (AvgIpc) is 2.82. The van der Waals surface area contributed by atoms with Gasteiger partial charge in [-0.2, -0.15) is 0 Å². The molecule has 1 aliphatic rings. The van der Waals surface area contributed by atoms with Gasteiger partial charge in [-0.25, -0.2) is 0 Å². The number of nitro groups is 1. The zero-order valence-electron chi connectivity index (χ0n) is 9.78. The van der Waals surface area contributed by atoms with Crippen LogP contribution in [0.1, 0.15) is 17.5 Å². The first kappa shape index (κ1) is 12.7. The molecular formula is C10H9N3O6. The highest BCUT2D eigenvalue weighted by Crippen LogP contribution is 2.19. The first-order valence-corrected chi connectivity index (χ1v) is 5.29. The standard InChI is InChI=1S/C10H9N3O6/c1-5-9(15)11-7(14)4-12(5)10(16)6-2-3-8(19-6)13(17)18/h2-3,5H,4H2,1H3,(H,11,14,15). The molecule has 19 heavy (non-hydrogen) atoms. The second kappa shape index (κ2) is 4.52. The lowest BCUT2D eigenvalue weighted by Crippen LogP contribution is -2.58. The van der Waals surface area contributed by atoms with Gasteiger partial charge in [0, 0.05) is 0 Å². The Bertz CT molecular complexity index is 578. The van der Waals surface area contributed by atoms with Crippen LogP contribution in [0.2, 0.25) is 0 Å². The molecule has 3 amide bonds. The van der Waals surface area contributed by atoms with Crippen molar-refractivity contribution in [3.05, 3.63) is 28.0 Å². The highest BCUT2D eigenvalue weighted by molar-refractivity contribution is 6.06. The van der Waals surface area contributed by atoms with Crippen molar-refractivity contribution in [1.29, 1.82) is 0 Å². The maximum absolute atomic E-state index is 12.0. The molecule has 2 heterocycles. The Morgan fingerprint density at radius 3 is 2.79 bits per heavy atom. The van der Waals surface area contributed by atoms with Crippen LogP contribution in [-0.4, -0.2) is 40.1 Å². The van der Waals surface area contributed by atoms with Crippen LogP contribution in [0.15, 0.2) is 16.5 Å². The van der Waals surface area contributed by atoms with Gasteiger partial charge < -0.3 is 9.32 Å². The molecule has 0 bridgehead atoms. The number of piperazine rings is 1. The fourth-order valence-corrected chi connectivity index (χ4v) is 1.64. The lowest BCUT2D eigenvalue weighted by atomic mass is 10.2. The molecule has 9 heteroatoms. The number of amides is 3. The van der Waals surface area contributed by atoms with Gasteiger partial charge in [-0.3, -0.25) is 29.8 Å². The predicted octanol–water partition coefficient (Wildman–Crippen LogP) is -0.325. The van der Waals surface area contributed by atoms with Crippen molar-refractivity contribution in [3.63, 3.8) is 0 Å². The number of imide groups is 1. The van der Waals surface area contributed by atoms with Crippen molar-refractivity contribution in [2.24, 2.45) is 0 Å². The van der Waals surface area contributed by atoms with E-state index in [-0.39, 0.29) is 12.3 Å². The largest absolute Gasteiger partial charge is 0.433 e. The van der Waals surface area contributed by atoms with E-state index in [2.05, 4.69) is 5.32 Å². The topological polar surface area (TPSA) is 123 Å². The van der Waals surface area contributed by atoms with E-state index in [0.29, 0.717) is 0 Å². The summed E-state index contributed by atoms with van der Waals surface area (Å²) < 4.78 is 4.75. The van der Waals surface area contributed by atoms with E-state index in [1.807, 2.05) is 0 Å². The molecule has 1 fully saturated rings. The summed E-state index contributed by atoms with van der Waals surface area (Å²) in [5, 5.41) is 12.5. The van der Waals surface area contributed by atoms with Crippen molar-refractivity contribution in [1.82, 2.24) is 10.2 Å². The van der Waals surface area contributed by atoms with Gasteiger partial charge in [0.25, 0.3) is 5.91 Å². The zero-order chi connectivity index (χ0) is 14.2. The molecule has 1 aromatic rings. The monoisotopic (exact) mass is 267 g/mol. The Morgan fingerprint density at radius 2 is 2.21 bits per heavy atom. The number of nitrogens with zero attached hydrogens (tertiary/aromatic N) is 2. The summed E-state index contributed by atoms with van der Waals surface area (Å²) in [6, 6.07) is 1.31. The van der Waals surface area contributed by atoms with Gasteiger partial charge in [-0.15, -0.1) is 0 Å². The third-order valence-electron chi connectivity index (χ3n) is 2.67. The van der Waals surface area contributed by atoms with Gasteiger partial charge in [0.2, 0.25) is 11.8 Å². The Balaban J connectivity index is 2.24. The molecule has 9 nitrogen and oxygen atoms in total. The van der Waals surface area contributed by atoms with E-state index in [4.69, 9.17) is 4.42 Å². The molecule has 2 rings (SSSR count). The van der Waals surface area contributed by atoms with Crippen LogP contribution < -0.4 is 5.32 Å². The highest BCUT2D eigenvalue weighted by Gasteiger charge is 2.35. The Hall–Kier alpha value is -2.71. The van der Waals surface area contributed by atoms with Crippen molar-refractivity contribution < 1.29 is 23.7 Å². The summed E-state index contributed by atoms with van der Waals surface area (Å²) >= 11 is 0. The number of carbonyl (C=O) groups is 3.